The Morgan fingerprint density at radius 1 is 1.16 bits per heavy atom. The highest BCUT2D eigenvalue weighted by molar-refractivity contribution is 5.97. The van der Waals surface area contributed by atoms with Gasteiger partial charge in [-0.3, -0.25) is 0 Å². The van der Waals surface area contributed by atoms with Gasteiger partial charge in [0.15, 0.2) is 6.17 Å². The van der Waals surface area contributed by atoms with Gasteiger partial charge in [-0.15, -0.1) is 5.48 Å². The van der Waals surface area contributed by atoms with Crippen LogP contribution in [0.2, 0.25) is 0 Å². The number of rotatable bonds is 6. The van der Waals surface area contributed by atoms with E-state index >= 15 is 0 Å². The van der Waals surface area contributed by atoms with Gasteiger partial charge in [-0.2, -0.15) is 31.6 Å². The second-order valence-electron chi connectivity index (χ2n) is 6.71. The molecule has 1 aliphatic heterocycles. The highest BCUT2D eigenvalue weighted by Crippen LogP contribution is 2.35. The Bertz CT molecular complexity index is 1050. The third-order valence-electron chi connectivity index (χ3n) is 4.46. The van der Waals surface area contributed by atoms with Gasteiger partial charge in [0.2, 0.25) is 5.90 Å². The average molecular weight is 458 g/mol. The van der Waals surface area contributed by atoms with Crippen molar-refractivity contribution in [2.24, 2.45) is 4.99 Å². The fourth-order valence-corrected chi connectivity index (χ4v) is 3.09. The molecule has 0 radical (unpaired) electrons. The van der Waals surface area contributed by atoms with Gasteiger partial charge in [0.25, 0.3) is 0 Å². The first-order valence-electron chi connectivity index (χ1n) is 9.08. The molecular formula is C20H16F6N4O2. The number of alkyl halides is 6. The van der Waals surface area contributed by atoms with Crippen molar-refractivity contribution in [3.05, 3.63) is 59.2 Å². The zero-order chi connectivity index (χ0) is 23.5. The molecule has 1 unspecified atom stereocenters. The van der Waals surface area contributed by atoms with Crippen molar-refractivity contribution in [1.82, 2.24) is 5.48 Å². The van der Waals surface area contributed by atoms with Crippen LogP contribution in [0.25, 0.3) is 0 Å². The molecule has 1 atom stereocenters. The lowest BCUT2D eigenvalue weighted by Crippen LogP contribution is -2.42. The van der Waals surface area contributed by atoms with E-state index in [2.05, 4.69) is 10.5 Å². The standard InChI is InChI=1S/C20H16F6N4O2/c1-31-16-5-3-2-4-14(16)18-28-17(29-32-18)10-30(11-19(21,22)23)13-7-6-12(9-27)15(8-13)20(24,25)26/h2-8,17,29H,10-11H2,1H3. The summed E-state index contributed by atoms with van der Waals surface area (Å²) >= 11 is 0. The van der Waals surface area contributed by atoms with E-state index in [-0.39, 0.29) is 11.6 Å². The maximum atomic E-state index is 13.3. The SMILES string of the molecule is COc1ccccc1C1=NC(CN(CC(F)(F)F)c2ccc(C#N)c(C(F)(F)F)c2)NO1. The number of benzene rings is 2. The lowest BCUT2D eigenvalue weighted by Gasteiger charge is -2.28. The number of nitriles is 1. The van der Waals surface area contributed by atoms with Crippen molar-refractivity contribution in [2.45, 2.75) is 18.5 Å². The summed E-state index contributed by atoms with van der Waals surface area (Å²) in [6, 6.07) is 10.4. The molecule has 0 bridgehead atoms. The van der Waals surface area contributed by atoms with E-state index in [1.54, 1.807) is 24.3 Å². The van der Waals surface area contributed by atoms with Crippen LogP contribution >= 0.6 is 0 Å². The lowest BCUT2D eigenvalue weighted by atomic mass is 10.1. The number of ether oxygens (including phenoxy) is 1. The van der Waals surface area contributed by atoms with Crippen molar-refractivity contribution in [3.63, 3.8) is 0 Å². The van der Waals surface area contributed by atoms with Gasteiger partial charge >= 0.3 is 12.4 Å². The first kappa shape index (κ1) is 23.2. The van der Waals surface area contributed by atoms with Gasteiger partial charge < -0.3 is 14.5 Å². The third-order valence-corrected chi connectivity index (χ3v) is 4.46. The molecule has 6 nitrogen and oxygen atoms in total. The number of nitrogens with zero attached hydrogens (tertiary/aromatic N) is 3. The second kappa shape index (κ2) is 8.96. The van der Waals surface area contributed by atoms with Crippen LogP contribution in [-0.4, -0.2) is 38.4 Å². The van der Waals surface area contributed by atoms with Gasteiger partial charge in [0.1, 0.15) is 12.3 Å². The van der Waals surface area contributed by atoms with Crippen LogP contribution in [0.5, 0.6) is 5.75 Å². The minimum atomic E-state index is -4.91. The van der Waals surface area contributed by atoms with E-state index in [0.29, 0.717) is 22.3 Å². The summed E-state index contributed by atoms with van der Waals surface area (Å²) in [5, 5.41) is 8.91. The molecular weight excluding hydrogens is 442 g/mol. The van der Waals surface area contributed by atoms with E-state index in [9.17, 15) is 26.3 Å². The molecule has 3 rings (SSSR count). The summed E-state index contributed by atoms with van der Waals surface area (Å²) in [5.41, 5.74) is 0.543. The predicted molar refractivity (Wildman–Crippen MR) is 102 cm³/mol. The van der Waals surface area contributed by atoms with E-state index in [0.717, 1.165) is 12.1 Å². The van der Waals surface area contributed by atoms with Crippen LogP contribution in [-0.2, 0) is 11.0 Å². The molecule has 170 valence electrons. The van der Waals surface area contributed by atoms with Gasteiger partial charge in [-0.1, -0.05) is 12.1 Å². The van der Waals surface area contributed by atoms with E-state index in [1.807, 2.05) is 0 Å². The lowest BCUT2D eigenvalue weighted by molar-refractivity contribution is -0.137. The van der Waals surface area contributed by atoms with Crippen molar-refractivity contribution >= 4 is 11.6 Å². The summed E-state index contributed by atoms with van der Waals surface area (Å²) < 4.78 is 84.5. The Morgan fingerprint density at radius 3 is 2.50 bits per heavy atom. The maximum Gasteiger partial charge on any atom is 0.417 e. The number of halogens is 6. The number of hydroxylamine groups is 1. The number of nitrogens with one attached hydrogen (secondary N) is 1. The topological polar surface area (TPSA) is 69.9 Å². The second-order valence-corrected chi connectivity index (χ2v) is 6.71. The smallest absolute Gasteiger partial charge is 0.417 e. The summed E-state index contributed by atoms with van der Waals surface area (Å²) in [6.07, 6.45) is -10.6. The molecule has 2 aromatic rings. The number of methoxy groups -OCH3 is 1. The average Bonchev–Trinajstić information content (AvgIpc) is 3.19. The largest absolute Gasteiger partial charge is 0.496 e. The molecule has 2 aromatic carbocycles. The molecule has 0 aliphatic carbocycles. The summed E-state index contributed by atoms with van der Waals surface area (Å²) in [4.78, 5) is 10.1. The Kier molecular flexibility index (Phi) is 6.50. The van der Waals surface area contributed by atoms with E-state index < -0.39 is 42.7 Å². The van der Waals surface area contributed by atoms with E-state index in [1.165, 1.54) is 13.2 Å². The molecule has 32 heavy (non-hydrogen) atoms. The van der Waals surface area contributed by atoms with Gasteiger partial charge in [0, 0.05) is 5.69 Å². The van der Waals surface area contributed by atoms with Crippen molar-refractivity contribution in [2.75, 3.05) is 25.1 Å². The van der Waals surface area contributed by atoms with Crippen molar-refractivity contribution < 1.29 is 35.9 Å². The third kappa shape index (κ3) is 5.42. The minimum absolute atomic E-state index is 0.0650. The molecule has 0 saturated heterocycles. The fourth-order valence-electron chi connectivity index (χ4n) is 3.09. The van der Waals surface area contributed by atoms with Gasteiger partial charge in [-0.25, -0.2) is 4.99 Å². The Hall–Kier alpha value is -3.46. The molecule has 12 heteroatoms. The Balaban J connectivity index is 1.91. The monoisotopic (exact) mass is 458 g/mol. The van der Waals surface area contributed by atoms with Crippen LogP contribution in [0.4, 0.5) is 32.0 Å². The Morgan fingerprint density at radius 2 is 1.88 bits per heavy atom. The molecule has 0 aromatic heterocycles. The molecule has 0 fully saturated rings. The Labute approximate surface area is 178 Å². The highest BCUT2D eigenvalue weighted by atomic mass is 19.4. The minimum Gasteiger partial charge on any atom is -0.496 e. The van der Waals surface area contributed by atoms with E-state index in [4.69, 9.17) is 14.8 Å². The van der Waals surface area contributed by atoms with Gasteiger partial charge in [-0.05, 0) is 30.3 Å². The summed E-state index contributed by atoms with van der Waals surface area (Å²) in [7, 11) is 1.42. The number of hydrogen-bond donors (Lipinski definition) is 1. The molecule has 0 spiro atoms. The molecule has 1 aliphatic rings. The molecule has 1 heterocycles. The van der Waals surface area contributed by atoms with Crippen LogP contribution in [0, 0.1) is 11.3 Å². The van der Waals surface area contributed by atoms with Crippen molar-refractivity contribution in [1.29, 1.82) is 5.26 Å². The normalized spacial score (nSPS) is 16.2. The van der Waals surface area contributed by atoms with Crippen LogP contribution in [0.15, 0.2) is 47.5 Å². The number of aliphatic imine (C=N–C) groups is 1. The first-order valence-corrected chi connectivity index (χ1v) is 9.08. The zero-order valence-corrected chi connectivity index (χ0v) is 16.5. The van der Waals surface area contributed by atoms with Crippen LogP contribution < -0.4 is 15.1 Å². The molecule has 0 amide bonds. The highest BCUT2D eigenvalue weighted by Gasteiger charge is 2.37. The van der Waals surface area contributed by atoms with Crippen LogP contribution in [0.3, 0.4) is 0 Å². The molecule has 0 saturated carbocycles. The summed E-state index contributed by atoms with van der Waals surface area (Å²) in [5.74, 6) is 0.484. The number of hydrogen-bond acceptors (Lipinski definition) is 6. The molecule has 1 N–H and O–H groups in total. The number of para-hydroxylation sites is 1. The fraction of sp³-hybridized carbons (Fsp3) is 0.300. The number of anilines is 1. The first-order chi connectivity index (χ1) is 15.0. The van der Waals surface area contributed by atoms with Crippen LogP contribution in [0.1, 0.15) is 16.7 Å². The van der Waals surface area contributed by atoms with Gasteiger partial charge in [0.05, 0.1) is 36.4 Å². The maximum absolute atomic E-state index is 13.3. The van der Waals surface area contributed by atoms with Crippen molar-refractivity contribution in [3.8, 4) is 11.8 Å². The zero-order valence-electron chi connectivity index (χ0n) is 16.5. The predicted octanol–water partition coefficient (Wildman–Crippen LogP) is 4.26. The quantitative estimate of drug-likeness (QED) is 0.656. The summed E-state index contributed by atoms with van der Waals surface area (Å²) in [6.45, 7) is -1.99.